The Bertz CT molecular complexity index is 968. The van der Waals surface area contributed by atoms with E-state index in [1.807, 2.05) is 28.8 Å². The first-order chi connectivity index (χ1) is 13.8. The summed E-state index contributed by atoms with van der Waals surface area (Å²) in [6, 6.07) is 10.0. The number of hydrogen-bond acceptors (Lipinski definition) is 6. The molecule has 1 aliphatic heterocycles. The number of benzene rings is 1. The molecule has 2 fully saturated rings. The first-order valence-corrected chi connectivity index (χ1v) is 10.0. The third kappa shape index (κ3) is 3.48. The van der Waals surface area contributed by atoms with Gasteiger partial charge < -0.3 is 14.4 Å². The van der Waals surface area contributed by atoms with E-state index in [2.05, 4.69) is 21.2 Å². The van der Waals surface area contributed by atoms with Gasteiger partial charge in [-0.15, -0.1) is 10.2 Å². The molecule has 2 aromatic heterocycles. The van der Waals surface area contributed by atoms with Crippen LogP contribution in [0.2, 0.25) is 0 Å². The predicted octanol–water partition coefficient (Wildman–Crippen LogP) is 3.31. The minimum Gasteiger partial charge on any atom is -0.497 e. The Labute approximate surface area is 164 Å². The Morgan fingerprint density at radius 3 is 2.89 bits per heavy atom. The topological polar surface area (TPSA) is 64.8 Å². The second-order valence-corrected chi connectivity index (χ2v) is 7.77. The Morgan fingerprint density at radius 2 is 2.04 bits per heavy atom. The summed E-state index contributed by atoms with van der Waals surface area (Å²) in [4.78, 5) is 2.43. The van der Waals surface area contributed by atoms with E-state index < -0.39 is 0 Å². The summed E-state index contributed by atoms with van der Waals surface area (Å²) >= 11 is 0. The highest BCUT2D eigenvalue weighted by molar-refractivity contribution is 5.68. The van der Waals surface area contributed by atoms with Gasteiger partial charge >= 0.3 is 0 Å². The molecule has 5 rings (SSSR count). The molecule has 7 nitrogen and oxygen atoms in total. The van der Waals surface area contributed by atoms with Crippen LogP contribution in [0.1, 0.15) is 37.3 Å². The van der Waals surface area contributed by atoms with Gasteiger partial charge in [-0.05, 0) is 43.9 Å². The van der Waals surface area contributed by atoms with Gasteiger partial charge in [0.15, 0.2) is 0 Å². The summed E-state index contributed by atoms with van der Waals surface area (Å²) in [5, 5.41) is 13.1. The first-order valence-electron chi connectivity index (χ1n) is 10.0. The molecule has 0 spiro atoms. The number of methoxy groups -OCH3 is 1. The van der Waals surface area contributed by atoms with Crippen molar-refractivity contribution in [3.8, 4) is 11.5 Å². The lowest BCUT2D eigenvalue weighted by Crippen LogP contribution is -2.38. The highest BCUT2D eigenvalue weighted by atomic mass is 16.5. The van der Waals surface area contributed by atoms with Crippen molar-refractivity contribution in [1.29, 1.82) is 0 Å². The van der Waals surface area contributed by atoms with Gasteiger partial charge in [-0.25, -0.2) is 0 Å². The van der Waals surface area contributed by atoms with Crippen molar-refractivity contribution in [2.45, 2.75) is 31.6 Å². The molecular weight excluding hydrogens is 354 g/mol. The van der Waals surface area contributed by atoms with Crippen molar-refractivity contribution < 1.29 is 9.47 Å². The number of hydrogen-bond donors (Lipinski definition) is 0. The van der Waals surface area contributed by atoms with E-state index in [4.69, 9.17) is 14.6 Å². The van der Waals surface area contributed by atoms with Crippen LogP contribution in [0, 0.1) is 5.92 Å². The lowest BCUT2D eigenvalue weighted by Gasteiger charge is -2.34. The zero-order valence-electron chi connectivity index (χ0n) is 16.1. The Morgan fingerprint density at radius 1 is 1.14 bits per heavy atom. The van der Waals surface area contributed by atoms with Gasteiger partial charge in [-0.3, -0.25) is 0 Å². The average molecular weight is 379 g/mol. The van der Waals surface area contributed by atoms with Gasteiger partial charge in [-0.1, -0.05) is 6.07 Å². The fraction of sp³-hybridized carbons (Fsp3) is 0.476. The van der Waals surface area contributed by atoms with Crippen molar-refractivity contribution >= 4 is 11.3 Å². The Balaban J connectivity index is 1.31. The molecule has 0 N–H and O–H groups in total. The van der Waals surface area contributed by atoms with Crippen LogP contribution < -0.4 is 14.4 Å². The van der Waals surface area contributed by atoms with Gasteiger partial charge in [-0.2, -0.15) is 9.61 Å². The van der Waals surface area contributed by atoms with Crippen LogP contribution in [0.25, 0.3) is 5.65 Å². The molecule has 0 amide bonds. The summed E-state index contributed by atoms with van der Waals surface area (Å²) in [7, 11) is 1.67. The molecule has 3 heterocycles. The van der Waals surface area contributed by atoms with Gasteiger partial charge in [0, 0.05) is 31.0 Å². The second kappa shape index (κ2) is 7.30. The maximum atomic E-state index is 6.06. The van der Waals surface area contributed by atoms with Crippen LogP contribution in [0.15, 0.2) is 36.7 Å². The summed E-state index contributed by atoms with van der Waals surface area (Å²) in [5.74, 6) is 2.75. The van der Waals surface area contributed by atoms with E-state index in [0.717, 1.165) is 48.0 Å². The van der Waals surface area contributed by atoms with E-state index in [-0.39, 0.29) is 0 Å². The molecule has 1 saturated carbocycles. The molecule has 0 bridgehead atoms. The van der Waals surface area contributed by atoms with Crippen molar-refractivity contribution in [3.05, 3.63) is 42.4 Å². The van der Waals surface area contributed by atoms with Crippen molar-refractivity contribution in [2.75, 3.05) is 31.7 Å². The van der Waals surface area contributed by atoms with E-state index >= 15 is 0 Å². The number of aromatic nitrogens is 4. The zero-order chi connectivity index (χ0) is 18.9. The lowest BCUT2D eigenvalue weighted by molar-refractivity contribution is 0.228. The highest BCUT2D eigenvalue weighted by Gasteiger charge is 2.29. The average Bonchev–Trinajstić information content (AvgIpc) is 3.49. The number of rotatable bonds is 6. The Hall–Kier alpha value is -2.83. The van der Waals surface area contributed by atoms with E-state index in [9.17, 15) is 0 Å². The normalized spacial score (nSPS) is 19.8. The molecule has 1 aliphatic carbocycles. The molecule has 2 aliphatic rings. The number of anilines is 1. The van der Waals surface area contributed by atoms with Crippen LogP contribution in [-0.2, 0) is 0 Å². The van der Waals surface area contributed by atoms with Crippen LogP contribution in [-0.4, -0.2) is 46.6 Å². The summed E-state index contributed by atoms with van der Waals surface area (Å²) in [6.07, 6.45) is 6.49. The number of piperidine rings is 1. The smallest absolute Gasteiger partial charge is 0.200 e. The van der Waals surface area contributed by atoms with Crippen LogP contribution in [0.4, 0.5) is 5.69 Å². The molecule has 3 aromatic rings. The minimum atomic E-state index is 0.473. The second-order valence-electron chi connectivity index (χ2n) is 7.77. The number of nitrogens with zero attached hydrogens (tertiary/aromatic N) is 5. The van der Waals surface area contributed by atoms with Crippen LogP contribution in [0.5, 0.6) is 11.5 Å². The third-order valence-electron chi connectivity index (χ3n) is 5.65. The molecule has 1 aromatic carbocycles. The largest absolute Gasteiger partial charge is 0.497 e. The first kappa shape index (κ1) is 17.3. The summed E-state index contributed by atoms with van der Waals surface area (Å²) in [6.45, 7) is 2.69. The molecule has 1 atom stereocenters. The van der Waals surface area contributed by atoms with Crippen LogP contribution >= 0.6 is 0 Å². The molecular formula is C21H25N5O2. The zero-order valence-corrected chi connectivity index (χ0v) is 16.1. The van der Waals surface area contributed by atoms with Gasteiger partial charge in [0.1, 0.15) is 17.8 Å². The van der Waals surface area contributed by atoms with E-state index in [1.54, 1.807) is 13.4 Å². The highest BCUT2D eigenvalue weighted by Crippen LogP contribution is 2.40. The molecule has 1 saturated heterocycles. The van der Waals surface area contributed by atoms with Crippen molar-refractivity contribution in [2.24, 2.45) is 5.92 Å². The Kier molecular flexibility index (Phi) is 4.50. The van der Waals surface area contributed by atoms with Crippen LogP contribution in [0.3, 0.4) is 0 Å². The quantitative estimate of drug-likeness (QED) is 0.655. The minimum absolute atomic E-state index is 0.473. The summed E-state index contributed by atoms with van der Waals surface area (Å²) < 4.78 is 13.2. The maximum absolute atomic E-state index is 6.06. The van der Waals surface area contributed by atoms with Gasteiger partial charge in [0.05, 0.1) is 25.1 Å². The third-order valence-corrected chi connectivity index (χ3v) is 5.65. The molecule has 28 heavy (non-hydrogen) atoms. The van der Waals surface area contributed by atoms with Gasteiger partial charge in [0.2, 0.25) is 5.65 Å². The van der Waals surface area contributed by atoms with Crippen molar-refractivity contribution in [3.63, 3.8) is 0 Å². The van der Waals surface area contributed by atoms with E-state index in [1.165, 1.54) is 19.3 Å². The maximum Gasteiger partial charge on any atom is 0.200 e. The molecule has 0 radical (unpaired) electrons. The van der Waals surface area contributed by atoms with E-state index in [0.29, 0.717) is 18.4 Å². The summed E-state index contributed by atoms with van der Waals surface area (Å²) in [5.41, 5.74) is 3.16. The lowest BCUT2D eigenvalue weighted by atomic mass is 9.98. The number of fused-ring (bicyclic) bond motifs is 1. The molecule has 7 heteroatoms. The fourth-order valence-electron chi connectivity index (χ4n) is 3.97. The fourth-order valence-corrected chi connectivity index (χ4v) is 3.97. The van der Waals surface area contributed by atoms with Gasteiger partial charge in [0.25, 0.3) is 0 Å². The predicted molar refractivity (Wildman–Crippen MR) is 106 cm³/mol. The molecule has 1 unspecified atom stereocenters. The number of ether oxygens (including phenoxy) is 2. The SMILES string of the molecule is COc1cccc(OCC2CCCN(c3cc(C4CC4)nn4cnnc34)C2)c1. The molecule has 146 valence electrons. The standard InChI is InChI=1S/C21H25N5O2/c1-27-17-5-2-6-18(10-17)28-13-15-4-3-9-25(12-15)20-11-19(16-7-8-16)24-26-14-22-23-21(20)26/h2,5-6,10-11,14-16H,3-4,7-9,12-13H2,1H3. The van der Waals surface area contributed by atoms with Crippen molar-refractivity contribution in [1.82, 2.24) is 19.8 Å². The monoisotopic (exact) mass is 379 g/mol.